The van der Waals surface area contributed by atoms with Crippen LogP contribution in [0.25, 0.3) is 0 Å². The molecule has 0 radical (unpaired) electrons. The van der Waals surface area contributed by atoms with Gasteiger partial charge in [0.25, 0.3) is 5.91 Å². The van der Waals surface area contributed by atoms with Crippen molar-refractivity contribution in [1.29, 1.82) is 0 Å². The number of nitrogens with zero attached hydrogens (tertiary/aromatic N) is 1. The number of likely N-dealkylation sites (N-methyl/N-ethyl adjacent to an activating group) is 1. The molecule has 0 bridgehead atoms. The third-order valence-corrected chi connectivity index (χ3v) is 3.64. The maximum absolute atomic E-state index is 12.1. The van der Waals surface area contributed by atoms with Gasteiger partial charge >= 0.3 is 0 Å². The Morgan fingerprint density at radius 1 is 1.56 bits per heavy atom. The van der Waals surface area contributed by atoms with E-state index in [4.69, 9.17) is 0 Å². The molecular weight excluding hydrogens is 290 g/mol. The fourth-order valence-electron chi connectivity index (χ4n) is 1.38. The second-order valence-corrected chi connectivity index (χ2v) is 6.70. The number of hydrogen-bond donors (Lipinski definition) is 1. The van der Waals surface area contributed by atoms with E-state index in [0.29, 0.717) is 18.0 Å². The lowest BCUT2D eigenvalue weighted by Crippen LogP contribution is -2.41. The second kappa shape index (κ2) is 5.29. The van der Waals surface area contributed by atoms with Gasteiger partial charge in [0.15, 0.2) is 0 Å². The van der Waals surface area contributed by atoms with Crippen molar-refractivity contribution in [3.05, 3.63) is 20.8 Å². The zero-order valence-electron chi connectivity index (χ0n) is 9.66. The smallest absolute Gasteiger partial charge is 0.264 e. The molecule has 0 fully saturated rings. The zero-order chi connectivity index (χ0) is 12.3. The summed E-state index contributed by atoms with van der Waals surface area (Å²) in [5.74, 6) is -0.0275. The van der Waals surface area contributed by atoms with Crippen LogP contribution in [0.3, 0.4) is 0 Å². The van der Waals surface area contributed by atoms with Crippen molar-refractivity contribution >= 4 is 33.2 Å². The summed E-state index contributed by atoms with van der Waals surface area (Å²) in [4.78, 5) is 14.4. The highest BCUT2D eigenvalue weighted by Crippen LogP contribution is 2.23. The lowest BCUT2D eigenvalue weighted by molar-refractivity contribution is 0.0317. The van der Waals surface area contributed by atoms with E-state index in [1.54, 1.807) is 24.8 Å². The zero-order valence-corrected chi connectivity index (χ0v) is 12.1. The van der Waals surface area contributed by atoms with Crippen LogP contribution >= 0.6 is 27.3 Å². The van der Waals surface area contributed by atoms with Crippen LogP contribution in [-0.2, 0) is 0 Å². The van der Waals surface area contributed by atoms with Crippen LogP contribution < -0.4 is 0 Å². The number of halogens is 1. The Morgan fingerprint density at radius 3 is 2.56 bits per heavy atom. The van der Waals surface area contributed by atoms with Crippen LogP contribution in [0.15, 0.2) is 15.9 Å². The minimum Gasteiger partial charge on any atom is -0.389 e. The Morgan fingerprint density at radius 2 is 2.19 bits per heavy atom. The number of rotatable bonds is 4. The number of carbonyl (C=O) groups is 1. The van der Waals surface area contributed by atoms with E-state index in [-0.39, 0.29) is 5.91 Å². The van der Waals surface area contributed by atoms with Crippen LogP contribution in [0.5, 0.6) is 0 Å². The average molecular weight is 306 g/mol. The summed E-state index contributed by atoms with van der Waals surface area (Å²) < 4.78 is 0.940. The minimum atomic E-state index is -0.861. The predicted octanol–water partition coefficient (Wildman–Crippen LogP) is 2.74. The standard InChI is InChI=1S/C11H16BrNO2S/c1-4-13(7-11(2,3)15)10(14)8-5-6-9(12)16-8/h5-6,15H,4,7H2,1-3H3. The van der Waals surface area contributed by atoms with Crippen LogP contribution in [-0.4, -0.2) is 34.6 Å². The number of hydrogen-bond acceptors (Lipinski definition) is 3. The van der Waals surface area contributed by atoms with Gasteiger partial charge in [0.05, 0.1) is 14.3 Å². The van der Waals surface area contributed by atoms with Crippen molar-refractivity contribution in [2.75, 3.05) is 13.1 Å². The van der Waals surface area contributed by atoms with Crippen molar-refractivity contribution in [2.45, 2.75) is 26.4 Å². The Bertz CT molecular complexity index is 370. The average Bonchev–Trinajstić information content (AvgIpc) is 2.58. The molecule has 0 spiro atoms. The molecule has 1 heterocycles. The van der Waals surface area contributed by atoms with Gasteiger partial charge in [-0.25, -0.2) is 0 Å². The molecule has 16 heavy (non-hydrogen) atoms. The van der Waals surface area contributed by atoms with E-state index in [1.807, 2.05) is 13.0 Å². The van der Waals surface area contributed by atoms with Gasteiger partial charge < -0.3 is 10.0 Å². The molecule has 1 N–H and O–H groups in total. The Labute approximate surface area is 108 Å². The van der Waals surface area contributed by atoms with Gasteiger partial charge in [-0.05, 0) is 48.8 Å². The first kappa shape index (κ1) is 13.7. The Balaban J connectivity index is 2.78. The van der Waals surface area contributed by atoms with Gasteiger partial charge in [-0.15, -0.1) is 11.3 Å². The predicted molar refractivity (Wildman–Crippen MR) is 69.9 cm³/mol. The molecule has 0 aliphatic rings. The molecule has 0 saturated heterocycles. The molecular formula is C11H16BrNO2S. The quantitative estimate of drug-likeness (QED) is 0.929. The maximum atomic E-state index is 12.1. The second-order valence-electron chi connectivity index (χ2n) is 4.24. The molecule has 5 heteroatoms. The number of thiophene rings is 1. The van der Waals surface area contributed by atoms with Crippen LogP contribution in [0, 0.1) is 0 Å². The van der Waals surface area contributed by atoms with E-state index in [0.717, 1.165) is 3.79 Å². The summed E-state index contributed by atoms with van der Waals surface area (Å²) in [6, 6.07) is 3.65. The molecule has 1 aromatic rings. The maximum Gasteiger partial charge on any atom is 0.264 e. The largest absolute Gasteiger partial charge is 0.389 e. The van der Waals surface area contributed by atoms with Crippen LogP contribution in [0.2, 0.25) is 0 Å². The summed E-state index contributed by atoms with van der Waals surface area (Å²) in [5, 5.41) is 9.72. The third-order valence-electron chi connectivity index (χ3n) is 2.03. The number of amides is 1. The SMILES string of the molecule is CCN(CC(C)(C)O)C(=O)c1ccc(Br)s1. The van der Waals surface area contributed by atoms with Crippen molar-refractivity contribution in [2.24, 2.45) is 0 Å². The van der Waals surface area contributed by atoms with Gasteiger partial charge in [-0.1, -0.05) is 0 Å². The van der Waals surface area contributed by atoms with Crippen molar-refractivity contribution in [3.63, 3.8) is 0 Å². The monoisotopic (exact) mass is 305 g/mol. The van der Waals surface area contributed by atoms with E-state index in [9.17, 15) is 9.90 Å². The third kappa shape index (κ3) is 3.88. The lowest BCUT2D eigenvalue weighted by atomic mass is 10.1. The molecule has 0 unspecified atom stereocenters. The first-order valence-corrected chi connectivity index (χ1v) is 6.71. The highest BCUT2D eigenvalue weighted by molar-refractivity contribution is 9.11. The van der Waals surface area contributed by atoms with E-state index < -0.39 is 5.60 Å². The lowest BCUT2D eigenvalue weighted by Gasteiger charge is -2.27. The summed E-state index contributed by atoms with van der Waals surface area (Å²) in [7, 11) is 0. The summed E-state index contributed by atoms with van der Waals surface area (Å²) >= 11 is 4.74. The Kier molecular flexibility index (Phi) is 4.52. The molecule has 1 rings (SSSR count). The molecule has 1 aromatic heterocycles. The van der Waals surface area contributed by atoms with Crippen molar-refractivity contribution in [3.8, 4) is 0 Å². The molecule has 90 valence electrons. The number of carbonyl (C=O) groups excluding carboxylic acids is 1. The van der Waals surface area contributed by atoms with Crippen LogP contribution in [0.1, 0.15) is 30.4 Å². The molecule has 3 nitrogen and oxygen atoms in total. The van der Waals surface area contributed by atoms with Gasteiger partial charge in [0.2, 0.25) is 0 Å². The molecule has 0 aliphatic heterocycles. The fourth-order valence-corrected chi connectivity index (χ4v) is 2.73. The fraction of sp³-hybridized carbons (Fsp3) is 0.545. The first-order valence-electron chi connectivity index (χ1n) is 5.10. The highest BCUT2D eigenvalue weighted by Gasteiger charge is 2.22. The summed E-state index contributed by atoms with van der Waals surface area (Å²) in [6.45, 7) is 6.25. The molecule has 0 atom stereocenters. The molecule has 0 saturated carbocycles. The summed E-state index contributed by atoms with van der Waals surface area (Å²) in [6.07, 6.45) is 0. The van der Waals surface area contributed by atoms with E-state index in [2.05, 4.69) is 15.9 Å². The first-order chi connectivity index (χ1) is 7.33. The van der Waals surface area contributed by atoms with Crippen LogP contribution in [0.4, 0.5) is 0 Å². The Hall–Kier alpha value is -0.390. The summed E-state index contributed by atoms with van der Waals surface area (Å²) in [5.41, 5.74) is -0.861. The van der Waals surface area contributed by atoms with Crippen molar-refractivity contribution < 1.29 is 9.90 Å². The van der Waals surface area contributed by atoms with Crippen molar-refractivity contribution in [1.82, 2.24) is 4.90 Å². The van der Waals surface area contributed by atoms with E-state index >= 15 is 0 Å². The normalized spacial score (nSPS) is 11.6. The van der Waals surface area contributed by atoms with Gasteiger partial charge in [-0.2, -0.15) is 0 Å². The molecule has 0 aromatic carbocycles. The molecule has 1 amide bonds. The van der Waals surface area contributed by atoms with Gasteiger partial charge in [0.1, 0.15) is 0 Å². The topological polar surface area (TPSA) is 40.5 Å². The van der Waals surface area contributed by atoms with Gasteiger partial charge in [-0.3, -0.25) is 4.79 Å². The number of aliphatic hydroxyl groups is 1. The van der Waals surface area contributed by atoms with Gasteiger partial charge in [0, 0.05) is 13.1 Å². The highest BCUT2D eigenvalue weighted by atomic mass is 79.9. The minimum absolute atomic E-state index is 0.0275. The van der Waals surface area contributed by atoms with E-state index in [1.165, 1.54) is 11.3 Å². The molecule has 0 aliphatic carbocycles.